The van der Waals surface area contributed by atoms with Gasteiger partial charge in [0.15, 0.2) is 0 Å². The number of hydrogen-bond acceptors (Lipinski definition) is 1. The van der Waals surface area contributed by atoms with E-state index in [9.17, 15) is 0 Å². The first-order valence-corrected chi connectivity index (χ1v) is 5.55. The Morgan fingerprint density at radius 1 is 1.21 bits per heavy atom. The van der Waals surface area contributed by atoms with Crippen molar-refractivity contribution in [1.29, 1.82) is 0 Å². The Kier molecular flexibility index (Phi) is 4.51. The number of para-hydroxylation sites is 1. The van der Waals surface area contributed by atoms with Gasteiger partial charge in [-0.3, -0.25) is 0 Å². The molecule has 0 saturated carbocycles. The molecular weight excluding hydrogens is 170 g/mol. The van der Waals surface area contributed by atoms with E-state index in [0.29, 0.717) is 5.92 Å². The summed E-state index contributed by atoms with van der Waals surface area (Å²) < 4.78 is 0. The van der Waals surface area contributed by atoms with Gasteiger partial charge in [0.05, 0.1) is 0 Å². The maximum Gasteiger partial charge on any atom is 0.0372 e. The van der Waals surface area contributed by atoms with Gasteiger partial charge in [-0.15, -0.1) is 0 Å². The van der Waals surface area contributed by atoms with E-state index in [-0.39, 0.29) is 0 Å². The summed E-state index contributed by atoms with van der Waals surface area (Å²) >= 11 is 0. The van der Waals surface area contributed by atoms with Crippen LogP contribution in [0, 0.1) is 5.92 Å². The molecule has 1 heteroatoms. The highest BCUT2D eigenvalue weighted by Gasteiger charge is 2.00. The molecule has 0 unspecified atom stereocenters. The van der Waals surface area contributed by atoms with Crippen LogP contribution in [0.2, 0.25) is 0 Å². The summed E-state index contributed by atoms with van der Waals surface area (Å²) in [6.07, 6.45) is 2.38. The maximum absolute atomic E-state index is 3.50. The lowest BCUT2D eigenvalue weighted by molar-refractivity contribution is 0.688. The molecule has 0 bridgehead atoms. The van der Waals surface area contributed by atoms with Crippen molar-refractivity contribution in [2.75, 3.05) is 11.9 Å². The second kappa shape index (κ2) is 5.69. The van der Waals surface area contributed by atoms with E-state index in [2.05, 4.69) is 50.4 Å². The lowest BCUT2D eigenvalue weighted by Crippen LogP contribution is -2.09. The highest BCUT2D eigenvalue weighted by molar-refractivity contribution is 5.51. The molecule has 0 aromatic heterocycles. The number of rotatable bonds is 5. The molecule has 1 aromatic carbocycles. The van der Waals surface area contributed by atoms with Crippen LogP contribution in [0.15, 0.2) is 24.3 Å². The zero-order valence-corrected chi connectivity index (χ0v) is 9.51. The van der Waals surface area contributed by atoms with Gasteiger partial charge in [0.25, 0.3) is 0 Å². The Morgan fingerprint density at radius 2 is 1.93 bits per heavy atom. The van der Waals surface area contributed by atoms with Crippen LogP contribution in [0.3, 0.4) is 0 Å². The summed E-state index contributed by atoms with van der Waals surface area (Å²) in [4.78, 5) is 0. The second-order valence-electron chi connectivity index (χ2n) is 4.18. The number of benzene rings is 1. The first-order valence-electron chi connectivity index (χ1n) is 5.55. The Balaban J connectivity index is 2.64. The number of nitrogens with one attached hydrogen (secondary N) is 1. The van der Waals surface area contributed by atoms with Gasteiger partial charge in [-0.1, -0.05) is 45.4 Å². The SMILES string of the molecule is CCCc1ccccc1NCC(C)C. The van der Waals surface area contributed by atoms with Gasteiger partial charge in [0.2, 0.25) is 0 Å². The summed E-state index contributed by atoms with van der Waals surface area (Å²) in [7, 11) is 0. The number of anilines is 1. The van der Waals surface area contributed by atoms with Crippen LogP contribution in [0.4, 0.5) is 5.69 Å². The molecule has 14 heavy (non-hydrogen) atoms. The number of hydrogen-bond donors (Lipinski definition) is 1. The highest BCUT2D eigenvalue weighted by Crippen LogP contribution is 2.16. The Morgan fingerprint density at radius 3 is 2.57 bits per heavy atom. The van der Waals surface area contributed by atoms with E-state index in [1.54, 1.807) is 0 Å². The second-order valence-corrected chi connectivity index (χ2v) is 4.18. The summed E-state index contributed by atoms with van der Waals surface area (Å²) in [5.74, 6) is 0.699. The molecule has 0 aliphatic heterocycles. The van der Waals surface area contributed by atoms with E-state index >= 15 is 0 Å². The van der Waals surface area contributed by atoms with Gasteiger partial charge in [-0.25, -0.2) is 0 Å². The van der Waals surface area contributed by atoms with Crippen molar-refractivity contribution in [1.82, 2.24) is 0 Å². The molecule has 1 N–H and O–H groups in total. The minimum absolute atomic E-state index is 0.699. The van der Waals surface area contributed by atoms with Crippen LogP contribution in [0.1, 0.15) is 32.8 Å². The Hall–Kier alpha value is -0.980. The lowest BCUT2D eigenvalue weighted by Gasteiger charge is -2.12. The van der Waals surface area contributed by atoms with Crippen molar-refractivity contribution >= 4 is 5.69 Å². The normalized spacial score (nSPS) is 10.6. The molecule has 0 aliphatic carbocycles. The monoisotopic (exact) mass is 191 g/mol. The van der Waals surface area contributed by atoms with Crippen LogP contribution < -0.4 is 5.32 Å². The molecule has 0 fully saturated rings. The molecule has 0 heterocycles. The minimum atomic E-state index is 0.699. The zero-order chi connectivity index (χ0) is 10.4. The number of aryl methyl sites for hydroxylation is 1. The predicted molar refractivity (Wildman–Crippen MR) is 63.8 cm³/mol. The van der Waals surface area contributed by atoms with Gasteiger partial charge in [0.1, 0.15) is 0 Å². The molecule has 0 saturated heterocycles. The lowest BCUT2D eigenvalue weighted by atomic mass is 10.1. The van der Waals surface area contributed by atoms with Crippen molar-refractivity contribution in [2.45, 2.75) is 33.6 Å². The van der Waals surface area contributed by atoms with E-state index in [1.165, 1.54) is 24.1 Å². The van der Waals surface area contributed by atoms with Crippen molar-refractivity contribution in [3.8, 4) is 0 Å². The molecule has 0 spiro atoms. The van der Waals surface area contributed by atoms with Gasteiger partial charge >= 0.3 is 0 Å². The average Bonchev–Trinajstić information content (AvgIpc) is 2.17. The summed E-state index contributed by atoms with van der Waals surface area (Å²) in [5, 5.41) is 3.50. The van der Waals surface area contributed by atoms with E-state index in [0.717, 1.165) is 6.54 Å². The summed E-state index contributed by atoms with van der Waals surface area (Å²) in [6.45, 7) is 7.74. The molecule has 0 aliphatic rings. The average molecular weight is 191 g/mol. The van der Waals surface area contributed by atoms with Crippen molar-refractivity contribution < 1.29 is 0 Å². The van der Waals surface area contributed by atoms with Crippen molar-refractivity contribution in [3.63, 3.8) is 0 Å². The minimum Gasteiger partial charge on any atom is -0.385 e. The maximum atomic E-state index is 3.50. The third-order valence-corrected chi connectivity index (χ3v) is 2.24. The van der Waals surface area contributed by atoms with Crippen LogP contribution in [-0.4, -0.2) is 6.54 Å². The Labute approximate surface area is 87.5 Å². The fraction of sp³-hybridized carbons (Fsp3) is 0.538. The molecule has 78 valence electrons. The molecule has 0 atom stereocenters. The van der Waals surface area contributed by atoms with Gasteiger partial charge in [-0.2, -0.15) is 0 Å². The van der Waals surface area contributed by atoms with Crippen LogP contribution in [0.5, 0.6) is 0 Å². The van der Waals surface area contributed by atoms with Crippen molar-refractivity contribution in [3.05, 3.63) is 29.8 Å². The Bertz CT molecular complexity index is 266. The molecule has 1 nitrogen and oxygen atoms in total. The van der Waals surface area contributed by atoms with Crippen molar-refractivity contribution in [2.24, 2.45) is 5.92 Å². The van der Waals surface area contributed by atoms with E-state index < -0.39 is 0 Å². The topological polar surface area (TPSA) is 12.0 Å². The van der Waals surface area contributed by atoms with Crippen LogP contribution in [0.25, 0.3) is 0 Å². The van der Waals surface area contributed by atoms with Gasteiger partial charge in [0, 0.05) is 12.2 Å². The smallest absolute Gasteiger partial charge is 0.0372 e. The van der Waals surface area contributed by atoms with Gasteiger partial charge < -0.3 is 5.32 Å². The molecular formula is C13H21N. The molecule has 1 rings (SSSR count). The highest BCUT2D eigenvalue weighted by atomic mass is 14.9. The predicted octanol–water partition coefficient (Wildman–Crippen LogP) is 3.71. The van der Waals surface area contributed by atoms with E-state index in [4.69, 9.17) is 0 Å². The summed E-state index contributed by atoms with van der Waals surface area (Å²) in [6, 6.07) is 8.60. The van der Waals surface area contributed by atoms with Gasteiger partial charge in [-0.05, 0) is 24.0 Å². The zero-order valence-electron chi connectivity index (χ0n) is 9.51. The summed E-state index contributed by atoms with van der Waals surface area (Å²) in [5.41, 5.74) is 2.75. The first-order chi connectivity index (χ1) is 6.74. The third kappa shape index (κ3) is 3.41. The fourth-order valence-electron chi connectivity index (χ4n) is 1.49. The third-order valence-electron chi connectivity index (χ3n) is 2.24. The quantitative estimate of drug-likeness (QED) is 0.748. The van der Waals surface area contributed by atoms with Crippen LogP contribution in [-0.2, 0) is 6.42 Å². The van der Waals surface area contributed by atoms with E-state index in [1.807, 2.05) is 0 Å². The molecule has 0 radical (unpaired) electrons. The largest absolute Gasteiger partial charge is 0.385 e. The molecule has 1 aromatic rings. The standard InChI is InChI=1S/C13H21N/c1-4-7-12-8-5-6-9-13(12)14-10-11(2)3/h5-6,8-9,11,14H,4,7,10H2,1-3H3. The fourth-order valence-corrected chi connectivity index (χ4v) is 1.49. The first kappa shape index (κ1) is 11.1. The van der Waals surface area contributed by atoms with Crippen LogP contribution >= 0.6 is 0 Å². The molecule has 0 amide bonds.